The summed E-state index contributed by atoms with van der Waals surface area (Å²) >= 11 is 7.55. The summed E-state index contributed by atoms with van der Waals surface area (Å²) in [6, 6.07) is 14.0. The summed E-state index contributed by atoms with van der Waals surface area (Å²) in [6.07, 6.45) is 1.85. The molecule has 2 nitrogen and oxygen atoms in total. The Balaban J connectivity index is 0.00000208. The first-order chi connectivity index (χ1) is 11.2. The van der Waals surface area contributed by atoms with Gasteiger partial charge in [0.1, 0.15) is 23.7 Å². The Hall–Kier alpha value is -1.69. The molecular formula is C18H15BrClFN2S. The highest BCUT2D eigenvalue weighted by Gasteiger charge is 2.18. The lowest BCUT2D eigenvalue weighted by Gasteiger charge is -2.04. The molecule has 0 spiro atoms. The summed E-state index contributed by atoms with van der Waals surface area (Å²) in [7, 11) is 0. The van der Waals surface area contributed by atoms with Crippen LogP contribution in [0.1, 0.15) is 0 Å². The second-order valence-electron chi connectivity index (χ2n) is 4.96. The molecule has 3 aromatic rings. The van der Waals surface area contributed by atoms with E-state index in [0.717, 1.165) is 22.1 Å². The fourth-order valence-corrected chi connectivity index (χ4v) is 3.35. The van der Waals surface area contributed by atoms with E-state index in [1.807, 2.05) is 30.3 Å². The largest absolute Gasteiger partial charge is 1.00 e. The third-order valence-corrected chi connectivity index (χ3v) is 4.50. The Kier molecular flexibility index (Phi) is 6.54. The van der Waals surface area contributed by atoms with Gasteiger partial charge in [-0.25, -0.2) is 14.3 Å². The Morgan fingerprint density at radius 3 is 2.42 bits per heavy atom. The van der Waals surface area contributed by atoms with Gasteiger partial charge in [0.05, 0.1) is 0 Å². The van der Waals surface area contributed by atoms with Crippen LogP contribution in [0.5, 0.6) is 0 Å². The first-order valence-electron chi connectivity index (χ1n) is 7.08. The number of halogens is 3. The van der Waals surface area contributed by atoms with Crippen molar-refractivity contribution in [2.75, 3.05) is 5.32 Å². The molecule has 0 amide bonds. The standard InChI is InChI=1S/C18H14ClFN2S.BrH/c1-2-11-22-17(13-3-5-14(19)6-4-13)12-23-18(22)21-16-9-7-15(20)8-10-16;/h2-10,12H,1,11H2;1H. The van der Waals surface area contributed by atoms with Gasteiger partial charge < -0.3 is 17.0 Å². The van der Waals surface area contributed by atoms with Crippen molar-refractivity contribution in [3.63, 3.8) is 0 Å². The van der Waals surface area contributed by atoms with E-state index in [-0.39, 0.29) is 22.8 Å². The Bertz CT molecular complexity index is 816. The number of thiazole rings is 1. The maximum Gasteiger partial charge on any atom is 0.339 e. The predicted octanol–water partition coefficient (Wildman–Crippen LogP) is 2.43. The zero-order valence-corrected chi connectivity index (χ0v) is 15.8. The quantitative estimate of drug-likeness (QED) is 0.490. The Labute approximate surface area is 160 Å². The molecule has 24 heavy (non-hydrogen) atoms. The van der Waals surface area contributed by atoms with E-state index in [1.54, 1.807) is 23.5 Å². The van der Waals surface area contributed by atoms with Crippen molar-refractivity contribution in [2.24, 2.45) is 0 Å². The van der Waals surface area contributed by atoms with Gasteiger partial charge in [0, 0.05) is 16.0 Å². The highest BCUT2D eigenvalue weighted by atomic mass is 79.9. The number of benzene rings is 2. The van der Waals surface area contributed by atoms with Crippen LogP contribution >= 0.6 is 22.9 Å². The van der Waals surface area contributed by atoms with Crippen LogP contribution in [0.3, 0.4) is 0 Å². The molecule has 0 aliphatic heterocycles. The number of anilines is 2. The van der Waals surface area contributed by atoms with Crippen LogP contribution < -0.4 is 26.9 Å². The summed E-state index contributed by atoms with van der Waals surface area (Å²) in [5.74, 6) is -0.248. The number of aromatic nitrogens is 1. The molecule has 1 aromatic heterocycles. The second kappa shape index (κ2) is 8.42. The molecule has 0 atom stereocenters. The fraction of sp³-hybridized carbons (Fsp3) is 0.0556. The van der Waals surface area contributed by atoms with Gasteiger partial charge >= 0.3 is 5.13 Å². The number of rotatable bonds is 5. The van der Waals surface area contributed by atoms with Crippen molar-refractivity contribution in [1.82, 2.24) is 0 Å². The number of hydrogen-bond donors (Lipinski definition) is 1. The van der Waals surface area contributed by atoms with Crippen molar-refractivity contribution < 1.29 is 25.9 Å². The molecule has 0 aliphatic rings. The highest BCUT2D eigenvalue weighted by Crippen LogP contribution is 2.26. The van der Waals surface area contributed by atoms with E-state index in [2.05, 4.69) is 21.8 Å². The minimum atomic E-state index is -0.248. The monoisotopic (exact) mass is 424 g/mol. The number of allylic oxidation sites excluding steroid dienone is 1. The van der Waals surface area contributed by atoms with E-state index < -0.39 is 0 Å². The summed E-state index contributed by atoms with van der Waals surface area (Å²) in [4.78, 5) is 0. The zero-order valence-electron chi connectivity index (χ0n) is 12.7. The first-order valence-corrected chi connectivity index (χ1v) is 8.34. The average Bonchev–Trinajstić information content (AvgIpc) is 2.94. The lowest BCUT2D eigenvalue weighted by atomic mass is 10.2. The SMILES string of the molecule is C=CC[n+]1c(-c2ccc(Cl)cc2)csc1Nc1ccc(F)cc1.[Br-]. The van der Waals surface area contributed by atoms with Crippen molar-refractivity contribution in [3.05, 3.63) is 77.4 Å². The minimum absolute atomic E-state index is 0. The van der Waals surface area contributed by atoms with Crippen molar-refractivity contribution in [2.45, 2.75) is 6.54 Å². The summed E-state index contributed by atoms with van der Waals surface area (Å²) in [5.41, 5.74) is 3.00. The van der Waals surface area contributed by atoms with E-state index >= 15 is 0 Å². The third kappa shape index (κ3) is 4.23. The van der Waals surface area contributed by atoms with Gasteiger partial charge in [-0.05, 0) is 48.5 Å². The van der Waals surface area contributed by atoms with Gasteiger partial charge in [0.2, 0.25) is 0 Å². The van der Waals surface area contributed by atoms with Crippen LogP contribution in [-0.4, -0.2) is 0 Å². The number of nitrogens with one attached hydrogen (secondary N) is 1. The molecule has 1 heterocycles. The van der Waals surface area contributed by atoms with Gasteiger partial charge in [-0.1, -0.05) is 35.6 Å². The molecule has 0 saturated heterocycles. The van der Waals surface area contributed by atoms with Crippen LogP contribution in [0.2, 0.25) is 5.02 Å². The first kappa shape index (κ1) is 18.6. The molecular weight excluding hydrogens is 411 g/mol. The summed E-state index contributed by atoms with van der Waals surface area (Å²) in [6.45, 7) is 4.50. The van der Waals surface area contributed by atoms with Gasteiger partial charge in [0.15, 0.2) is 0 Å². The molecule has 124 valence electrons. The van der Waals surface area contributed by atoms with Crippen LogP contribution in [0, 0.1) is 5.82 Å². The smallest absolute Gasteiger partial charge is 0.339 e. The van der Waals surface area contributed by atoms with Crippen LogP contribution in [0.25, 0.3) is 11.3 Å². The van der Waals surface area contributed by atoms with Gasteiger partial charge in [-0.3, -0.25) is 0 Å². The minimum Gasteiger partial charge on any atom is -1.00 e. The van der Waals surface area contributed by atoms with E-state index in [9.17, 15) is 4.39 Å². The van der Waals surface area contributed by atoms with Crippen LogP contribution in [-0.2, 0) is 6.54 Å². The average molecular weight is 426 g/mol. The number of hydrogen-bond acceptors (Lipinski definition) is 2. The van der Waals surface area contributed by atoms with E-state index in [1.165, 1.54) is 12.1 Å². The molecule has 6 heteroatoms. The van der Waals surface area contributed by atoms with Gasteiger partial charge in [-0.15, -0.1) is 0 Å². The zero-order chi connectivity index (χ0) is 16.2. The maximum absolute atomic E-state index is 13.0. The molecule has 0 aliphatic carbocycles. The van der Waals surface area contributed by atoms with E-state index in [4.69, 9.17) is 11.6 Å². The molecule has 3 rings (SSSR count). The molecule has 0 radical (unpaired) electrons. The van der Waals surface area contributed by atoms with Crippen LogP contribution in [0.15, 0.2) is 66.6 Å². The van der Waals surface area contributed by atoms with Crippen molar-refractivity contribution in [1.29, 1.82) is 0 Å². The van der Waals surface area contributed by atoms with E-state index in [0.29, 0.717) is 11.6 Å². The van der Waals surface area contributed by atoms with Gasteiger partial charge in [0.25, 0.3) is 0 Å². The molecule has 0 saturated carbocycles. The highest BCUT2D eigenvalue weighted by molar-refractivity contribution is 7.13. The predicted molar refractivity (Wildman–Crippen MR) is 94.8 cm³/mol. The lowest BCUT2D eigenvalue weighted by molar-refractivity contribution is -0.657. The molecule has 0 fully saturated rings. The number of nitrogens with zero attached hydrogens (tertiary/aromatic N) is 1. The topological polar surface area (TPSA) is 15.9 Å². The Morgan fingerprint density at radius 2 is 1.79 bits per heavy atom. The van der Waals surface area contributed by atoms with Gasteiger partial charge in [-0.2, -0.15) is 0 Å². The lowest BCUT2D eigenvalue weighted by Crippen LogP contribution is -3.00. The van der Waals surface area contributed by atoms with Crippen molar-refractivity contribution >= 4 is 33.8 Å². The Morgan fingerprint density at radius 1 is 1.12 bits per heavy atom. The molecule has 1 N–H and O–H groups in total. The second-order valence-corrected chi connectivity index (χ2v) is 6.26. The fourth-order valence-electron chi connectivity index (χ4n) is 2.26. The molecule has 0 unspecified atom stereocenters. The van der Waals surface area contributed by atoms with Crippen LogP contribution in [0.4, 0.5) is 15.2 Å². The normalized spacial score (nSPS) is 10.1. The summed E-state index contributed by atoms with van der Waals surface area (Å²) in [5, 5.41) is 7.08. The maximum atomic E-state index is 13.0. The summed E-state index contributed by atoms with van der Waals surface area (Å²) < 4.78 is 15.2. The van der Waals surface area contributed by atoms with Crippen molar-refractivity contribution in [3.8, 4) is 11.3 Å². The third-order valence-electron chi connectivity index (χ3n) is 3.37. The molecule has 0 bridgehead atoms. The molecule has 2 aromatic carbocycles.